The van der Waals surface area contributed by atoms with E-state index in [1.54, 1.807) is 35.7 Å². The number of anilines is 1. The summed E-state index contributed by atoms with van der Waals surface area (Å²) in [6.07, 6.45) is 1.46. The summed E-state index contributed by atoms with van der Waals surface area (Å²) in [7, 11) is -1.21. The largest absolute Gasteiger partial charge is 0.465 e. The van der Waals surface area contributed by atoms with Gasteiger partial charge in [0.25, 0.3) is 0 Å². The number of thiophene rings is 1. The molecule has 1 N–H and O–H groups in total. The number of benzene rings is 1. The van der Waals surface area contributed by atoms with Gasteiger partial charge in [0.1, 0.15) is 4.88 Å². The van der Waals surface area contributed by atoms with Gasteiger partial charge >= 0.3 is 5.97 Å². The second kappa shape index (κ2) is 8.75. The topological polar surface area (TPSA) is 92.8 Å². The lowest BCUT2D eigenvalue weighted by Crippen LogP contribution is -2.33. The number of sulfonamides is 1. The van der Waals surface area contributed by atoms with E-state index in [4.69, 9.17) is 0 Å². The Hall–Kier alpha value is -2.49. The van der Waals surface area contributed by atoms with Crippen LogP contribution in [0.3, 0.4) is 0 Å². The minimum Gasteiger partial charge on any atom is -0.465 e. The number of carbonyl (C=O) groups is 2. The van der Waals surface area contributed by atoms with Gasteiger partial charge in [-0.05, 0) is 23.1 Å². The number of nitrogens with zero attached hydrogens (tertiary/aromatic N) is 1. The molecule has 138 valence electrons. The first-order valence-corrected chi connectivity index (χ1v) is 9.87. The van der Waals surface area contributed by atoms with Crippen molar-refractivity contribution in [1.29, 1.82) is 0 Å². The molecule has 0 atom stereocenters. The molecule has 1 aromatic carbocycles. The molecule has 0 aliphatic heterocycles. The zero-order valence-corrected chi connectivity index (χ0v) is 15.8. The van der Waals surface area contributed by atoms with Crippen LogP contribution < -0.4 is 5.32 Å². The average molecular weight is 394 g/mol. The van der Waals surface area contributed by atoms with Crippen LogP contribution in [0, 0.1) is 0 Å². The van der Waals surface area contributed by atoms with Crippen LogP contribution in [0.25, 0.3) is 6.08 Å². The molecular formula is C17H18N2O5S2. The summed E-state index contributed by atoms with van der Waals surface area (Å²) in [5.74, 6) is -1.13. The zero-order valence-electron chi connectivity index (χ0n) is 14.2. The number of ether oxygens (including phenoxy) is 1. The van der Waals surface area contributed by atoms with Gasteiger partial charge in [0.2, 0.25) is 15.9 Å². The third kappa shape index (κ3) is 5.25. The maximum absolute atomic E-state index is 12.3. The van der Waals surface area contributed by atoms with Crippen molar-refractivity contribution >= 4 is 45.0 Å². The number of nitrogens with one attached hydrogen (secondary N) is 1. The minimum absolute atomic E-state index is 0.246. The smallest absolute Gasteiger partial charge is 0.350 e. The van der Waals surface area contributed by atoms with Gasteiger partial charge in [0.05, 0.1) is 19.3 Å². The Morgan fingerprint density at radius 1 is 1.23 bits per heavy atom. The van der Waals surface area contributed by atoms with Gasteiger partial charge in [-0.1, -0.05) is 30.3 Å². The van der Waals surface area contributed by atoms with Crippen LogP contribution in [-0.2, 0) is 19.6 Å². The molecule has 0 saturated heterocycles. The third-order valence-electron chi connectivity index (χ3n) is 3.34. The highest BCUT2D eigenvalue weighted by atomic mass is 32.2. The van der Waals surface area contributed by atoms with Crippen LogP contribution in [-0.4, -0.2) is 45.3 Å². The second-order valence-corrected chi connectivity index (χ2v) is 8.06. The summed E-state index contributed by atoms with van der Waals surface area (Å²) >= 11 is 1.12. The fourth-order valence-corrected chi connectivity index (χ4v) is 3.57. The van der Waals surface area contributed by atoms with E-state index in [0.29, 0.717) is 0 Å². The fraction of sp³-hybridized carbons (Fsp3) is 0.176. The molecule has 0 aliphatic carbocycles. The Balaban J connectivity index is 2.01. The first-order valence-electron chi connectivity index (χ1n) is 7.48. The Morgan fingerprint density at radius 2 is 1.92 bits per heavy atom. The third-order valence-corrected chi connectivity index (χ3v) is 5.72. The molecule has 26 heavy (non-hydrogen) atoms. The van der Waals surface area contributed by atoms with Crippen molar-refractivity contribution in [1.82, 2.24) is 4.31 Å². The number of hydrogen-bond acceptors (Lipinski definition) is 6. The number of methoxy groups -OCH3 is 1. The monoisotopic (exact) mass is 394 g/mol. The van der Waals surface area contributed by atoms with E-state index < -0.39 is 28.4 Å². The highest BCUT2D eigenvalue weighted by Gasteiger charge is 2.20. The van der Waals surface area contributed by atoms with E-state index in [2.05, 4.69) is 10.1 Å². The zero-order chi connectivity index (χ0) is 19.2. The molecule has 0 saturated carbocycles. The quantitative estimate of drug-likeness (QED) is 0.728. The van der Waals surface area contributed by atoms with Crippen LogP contribution in [0.4, 0.5) is 5.69 Å². The lowest BCUT2D eigenvalue weighted by atomic mass is 10.2. The standard InChI is InChI=1S/C17H18N2O5S2/c1-19(26(22,23)11-9-13-6-4-3-5-7-13)12-15(20)18-14-8-10-25-16(14)17(21)24-2/h3-11H,12H2,1-2H3,(H,18,20)/b11-9+. The van der Waals surface area contributed by atoms with E-state index in [0.717, 1.165) is 26.6 Å². The van der Waals surface area contributed by atoms with Gasteiger partial charge in [-0.2, -0.15) is 4.31 Å². The molecule has 0 spiro atoms. The molecule has 9 heteroatoms. The summed E-state index contributed by atoms with van der Waals surface area (Å²) in [5.41, 5.74) is 1.02. The number of rotatable bonds is 7. The summed E-state index contributed by atoms with van der Waals surface area (Å²) in [5, 5.41) is 5.19. The van der Waals surface area contributed by atoms with Gasteiger partial charge in [0, 0.05) is 12.5 Å². The number of carbonyl (C=O) groups excluding carboxylic acids is 2. The summed E-state index contributed by atoms with van der Waals surface area (Å²) in [4.78, 5) is 24.0. The first kappa shape index (κ1) is 19.8. The molecule has 0 bridgehead atoms. The van der Waals surface area contributed by atoms with Crippen LogP contribution >= 0.6 is 11.3 Å². The van der Waals surface area contributed by atoms with Crippen molar-refractivity contribution in [3.63, 3.8) is 0 Å². The van der Waals surface area contributed by atoms with Crippen LogP contribution in [0.15, 0.2) is 47.2 Å². The van der Waals surface area contributed by atoms with Crippen molar-refractivity contribution in [2.75, 3.05) is 26.0 Å². The number of hydrogen-bond donors (Lipinski definition) is 1. The van der Waals surface area contributed by atoms with E-state index in [1.807, 2.05) is 6.07 Å². The molecule has 0 unspecified atom stereocenters. The Labute approximate surface area is 156 Å². The summed E-state index contributed by atoms with van der Waals surface area (Å²) in [6.45, 7) is -0.391. The van der Waals surface area contributed by atoms with E-state index >= 15 is 0 Å². The van der Waals surface area contributed by atoms with Gasteiger partial charge in [-0.3, -0.25) is 4.79 Å². The predicted octanol–water partition coefficient (Wildman–Crippen LogP) is 2.41. The molecule has 2 aromatic rings. The molecule has 2 rings (SSSR count). The van der Waals surface area contributed by atoms with Gasteiger partial charge in [-0.15, -0.1) is 11.3 Å². The van der Waals surface area contributed by atoms with E-state index in [1.165, 1.54) is 20.2 Å². The molecule has 1 amide bonds. The highest BCUT2D eigenvalue weighted by molar-refractivity contribution is 7.92. The van der Waals surface area contributed by atoms with E-state index in [-0.39, 0.29) is 10.6 Å². The predicted molar refractivity (Wildman–Crippen MR) is 101 cm³/mol. The van der Waals surface area contributed by atoms with E-state index in [9.17, 15) is 18.0 Å². The molecule has 0 fully saturated rings. The minimum atomic E-state index is -3.76. The maximum Gasteiger partial charge on any atom is 0.350 e. The number of esters is 1. The van der Waals surface area contributed by atoms with Crippen molar-refractivity contribution in [3.8, 4) is 0 Å². The van der Waals surface area contributed by atoms with Gasteiger partial charge in [-0.25, -0.2) is 13.2 Å². The first-order chi connectivity index (χ1) is 12.3. The van der Waals surface area contributed by atoms with Crippen molar-refractivity contribution in [2.45, 2.75) is 0 Å². The lowest BCUT2D eigenvalue weighted by Gasteiger charge is -2.14. The molecule has 7 nitrogen and oxygen atoms in total. The molecule has 1 aromatic heterocycles. The highest BCUT2D eigenvalue weighted by Crippen LogP contribution is 2.23. The second-order valence-electron chi connectivity index (χ2n) is 5.22. The molecular weight excluding hydrogens is 376 g/mol. The average Bonchev–Trinajstić information content (AvgIpc) is 3.08. The van der Waals surface area contributed by atoms with Crippen molar-refractivity contribution in [2.24, 2.45) is 0 Å². The van der Waals surface area contributed by atoms with Gasteiger partial charge < -0.3 is 10.1 Å². The lowest BCUT2D eigenvalue weighted by molar-refractivity contribution is -0.116. The van der Waals surface area contributed by atoms with Crippen molar-refractivity contribution in [3.05, 3.63) is 57.6 Å². The molecule has 1 heterocycles. The molecule has 0 radical (unpaired) electrons. The Kier molecular flexibility index (Phi) is 6.67. The summed E-state index contributed by atoms with van der Waals surface area (Å²) < 4.78 is 30.1. The van der Waals surface area contributed by atoms with Gasteiger partial charge in [0.15, 0.2) is 0 Å². The van der Waals surface area contributed by atoms with Crippen molar-refractivity contribution < 1.29 is 22.7 Å². The fourth-order valence-electron chi connectivity index (χ4n) is 1.97. The number of likely N-dealkylation sites (N-methyl/N-ethyl adjacent to an activating group) is 1. The normalized spacial score (nSPS) is 11.7. The van der Waals surface area contributed by atoms with Crippen LogP contribution in [0.2, 0.25) is 0 Å². The van der Waals surface area contributed by atoms with Crippen LogP contribution in [0.1, 0.15) is 15.2 Å². The maximum atomic E-state index is 12.3. The molecule has 0 aliphatic rings. The van der Waals surface area contributed by atoms with Crippen LogP contribution in [0.5, 0.6) is 0 Å². The Morgan fingerprint density at radius 3 is 2.58 bits per heavy atom. The SMILES string of the molecule is COC(=O)c1sccc1NC(=O)CN(C)S(=O)(=O)/C=C/c1ccccc1. The summed E-state index contributed by atoms with van der Waals surface area (Å²) in [6, 6.07) is 10.5. The Bertz CT molecular complexity index is 904. The number of amides is 1.